The summed E-state index contributed by atoms with van der Waals surface area (Å²) < 4.78 is 5.06. The Kier molecular flexibility index (Phi) is 4.12. The molecule has 1 atom stereocenters. The van der Waals surface area contributed by atoms with Gasteiger partial charge in [0.1, 0.15) is 0 Å². The summed E-state index contributed by atoms with van der Waals surface area (Å²) in [6.45, 7) is 2.70. The second-order valence-corrected chi connectivity index (χ2v) is 3.00. The van der Waals surface area contributed by atoms with Crippen LogP contribution in [0, 0.1) is 0 Å². The van der Waals surface area contributed by atoms with Crippen LogP contribution in [0.2, 0.25) is 0 Å². The fourth-order valence-corrected chi connectivity index (χ4v) is 1.12. The first-order valence-corrected chi connectivity index (χ1v) is 4.59. The topological polar surface area (TPSA) is 73.1 Å². The Labute approximate surface area is 83.7 Å². The number of anilines is 2. The number of hydrogen-bond donors (Lipinski definition) is 2. The lowest BCUT2D eigenvalue weighted by molar-refractivity contribution is 0.184. The molecule has 3 N–H and O–H groups in total. The van der Waals surface area contributed by atoms with Crippen LogP contribution in [0.1, 0.15) is 13.3 Å². The molecule has 1 unspecified atom stereocenters. The fraction of sp³-hybridized carbons (Fsp3) is 0.556. The van der Waals surface area contributed by atoms with Crippen LogP contribution in [0.15, 0.2) is 12.4 Å². The molecule has 1 aromatic heterocycles. The van der Waals surface area contributed by atoms with Gasteiger partial charge < -0.3 is 15.8 Å². The zero-order valence-electron chi connectivity index (χ0n) is 8.53. The molecule has 1 heterocycles. The predicted molar refractivity (Wildman–Crippen MR) is 56.0 cm³/mol. The van der Waals surface area contributed by atoms with E-state index >= 15 is 0 Å². The van der Waals surface area contributed by atoms with Gasteiger partial charge in [0.2, 0.25) is 0 Å². The molecule has 0 bridgehead atoms. The lowest BCUT2D eigenvalue weighted by Gasteiger charge is -2.16. The molecule has 0 aromatic carbocycles. The lowest BCUT2D eigenvalue weighted by Crippen LogP contribution is -2.25. The van der Waals surface area contributed by atoms with E-state index in [-0.39, 0.29) is 6.04 Å². The number of ether oxygens (including phenoxy) is 1. The minimum Gasteiger partial charge on any atom is -0.383 e. The molecule has 0 radical (unpaired) electrons. The van der Waals surface area contributed by atoms with Crippen molar-refractivity contribution in [2.45, 2.75) is 19.4 Å². The lowest BCUT2D eigenvalue weighted by atomic mass is 10.2. The third-order valence-corrected chi connectivity index (χ3v) is 1.93. The van der Waals surface area contributed by atoms with Crippen molar-refractivity contribution < 1.29 is 4.74 Å². The van der Waals surface area contributed by atoms with E-state index < -0.39 is 0 Å². The van der Waals surface area contributed by atoms with E-state index in [0.29, 0.717) is 18.2 Å². The van der Waals surface area contributed by atoms with Crippen molar-refractivity contribution in [2.75, 3.05) is 24.8 Å². The maximum absolute atomic E-state index is 5.64. The van der Waals surface area contributed by atoms with Crippen LogP contribution in [-0.4, -0.2) is 29.7 Å². The molecule has 0 fully saturated rings. The zero-order chi connectivity index (χ0) is 10.4. The van der Waals surface area contributed by atoms with Crippen LogP contribution >= 0.6 is 0 Å². The average molecular weight is 196 g/mol. The molecule has 14 heavy (non-hydrogen) atoms. The van der Waals surface area contributed by atoms with Gasteiger partial charge in [-0.3, -0.25) is 0 Å². The van der Waals surface area contributed by atoms with E-state index in [1.54, 1.807) is 19.5 Å². The maximum Gasteiger partial charge on any atom is 0.169 e. The smallest absolute Gasteiger partial charge is 0.169 e. The third kappa shape index (κ3) is 2.85. The van der Waals surface area contributed by atoms with E-state index in [9.17, 15) is 0 Å². The van der Waals surface area contributed by atoms with Crippen molar-refractivity contribution >= 4 is 11.6 Å². The number of nitrogens with two attached hydrogens (primary N) is 1. The van der Waals surface area contributed by atoms with Gasteiger partial charge in [0.05, 0.1) is 12.6 Å². The van der Waals surface area contributed by atoms with Gasteiger partial charge in [0.25, 0.3) is 0 Å². The highest BCUT2D eigenvalue weighted by Crippen LogP contribution is 2.12. The van der Waals surface area contributed by atoms with Gasteiger partial charge in [-0.2, -0.15) is 0 Å². The molecule has 0 saturated carbocycles. The van der Waals surface area contributed by atoms with E-state index in [4.69, 9.17) is 10.5 Å². The first kappa shape index (κ1) is 10.7. The normalized spacial score (nSPS) is 12.4. The van der Waals surface area contributed by atoms with Crippen molar-refractivity contribution in [2.24, 2.45) is 0 Å². The number of hydrogen-bond acceptors (Lipinski definition) is 5. The molecule has 0 aliphatic heterocycles. The Bertz CT molecular complexity index is 279. The van der Waals surface area contributed by atoms with Crippen LogP contribution < -0.4 is 11.1 Å². The van der Waals surface area contributed by atoms with Gasteiger partial charge in [-0.15, -0.1) is 0 Å². The summed E-state index contributed by atoms with van der Waals surface area (Å²) >= 11 is 0. The van der Waals surface area contributed by atoms with E-state index in [2.05, 4.69) is 22.2 Å². The molecule has 5 nitrogen and oxygen atoms in total. The van der Waals surface area contributed by atoms with Crippen LogP contribution in [0.25, 0.3) is 0 Å². The monoisotopic (exact) mass is 196 g/mol. The van der Waals surface area contributed by atoms with Crippen LogP contribution in [-0.2, 0) is 4.74 Å². The largest absolute Gasteiger partial charge is 0.383 e. The molecule has 1 aromatic rings. The second kappa shape index (κ2) is 5.39. The van der Waals surface area contributed by atoms with Crippen molar-refractivity contribution in [1.29, 1.82) is 0 Å². The number of nitrogens with one attached hydrogen (secondary N) is 1. The standard InChI is InChI=1S/C9H16N4O/c1-3-7(6-14-2)13-9-8(10)11-4-5-12-9/h4-5,7H,3,6H2,1-2H3,(H2,10,11)(H,12,13). The summed E-state index contributed by atoms with van der Waals surface area (Å²) in [6, 6.07) is 0.221. The van der Waals surface area contributed by atoms with E-state index in [1.165, 1.54) is 0 Å². The number of aromatic nitrogens is 2. The molecule has 0 saturated heterocycles. The summed E-state index contributed by atoms with van der Waals surface area (Å²) in [4.78, 5) is 8.03. The highest BCUT2D eigenvalue weighted by Gasteiger charge is 2.08. The van der Waals surface area contributed by atoms with E-state index in [0.717, 1.165) is 6.42 Å². The Morgan fingerprint density at radius 3 is 2.79 bits per heavy atom. The second-order valence-electron chi connectivity index (χ2n) is 3.00. The molecule has 0 aliphatic rings. The van der Waals surface area contributed by atoms with Crippen LogP contribution in [0.5, 0.6) is 0 Å². The Hall–Kier alpha value is -1.36. The van der Waals surface area contributed by atoms with Crippen molar-refractivity contribution in [3.63, 3.8) is 0 Å². The fourth-order valence-electron chi connectivity index (χ4n) is 1.12. The van der Waals surface area contributed by atoms with Crippen molar-refractivity contribution in [1.82, 2.24) is 9.97 Å². The summed E-state index contributed by atoms with van der Waals surface area (Å²) in [5.41, 5.74) is 5.64. The van der Waals surface area contributed by atoms with Gasteiger partial charge in [-0.25, -0.2) is 9.97 Å². The van der Waals surface area contributed by atoms with Gasteiger partial charge in [0, 0.05) is 19.5 Å². The SMILES string of the molecule is CCC(COC)Nc1nccnc1N. The first-order valence-electron chi connectivity index (χ1n) is 4.59. The molecule has 0 aliphatic carbocycles. The number of nitrogens with zero attached hydrogens (tertiary/aromatic N) is 2. The Morgan fingerprint density at radius 2 is 2.21 bits per heavy atom. The summed E-state index contributed by atoms with van der Waals surface area (Å²) in [5, 5.41) is 3.17. The predicted octanol–water partition coefficient (Wildman–Crippen LogP) is 0.896. The van der Waals surface area contributed by atoms with Crippen LogP contribution in [0.3, 0.4) is 0 Å². The highest BCUT2D eigenvalue weighted by atomic mass is 16.5. The molecule has 78 valence electrons. The summed E-state index contributed by atoms with van der Waals surface area (Å²) in [7, 11) is 1.67. The van der Waals surface area contributed by atoms with Gasteiger partial charge in [0.15, 0.2) is 11.6 Å². The van der Waals surface area contributed by atoms with Crippen molar-refractivity contribution in [3.05, 3.63) is 12.4 Å². The molecule has 0 amide bonds. The van der Waals surface area contributed by atoms with Gasteiger partial charge in [-0.05, 0) is 6.42 Å². The molecule has 0 spiro atoms. The molecule has 5 heteroatoms. The quantitative estimate of drug-likeness (QED) is 0.731. The maximum atomic E-state index is 5.64. The molecular formula is C9H16N4O. The zero-order valence-corrected chi connectivity index (χ0v) is 8.53. The number of rotatable bonds is 5. The van der Waals surface area contributed by atoms with Crippen molar-refractivity contribution in [3.8, 4) is 0 Å². The molecular weight excluding hydrogens is 180 g/mol. The van der Waals surface area contributed by atoms with Gasteiger partial charge in [-0.1, -0.05) is 6.92 Å². The minimum absolute atomic E-state index is 0.221. The van der Waals surface area contributed by atoms with Gasteiger partial charge >= 0.3 is 0 Å². The highest BCUT2D eigenvalue weighted by molar-refractivity contribution is 5.55. The molecule has 1 rings (SSSR count). The Morgan fingerprint density at radius 1 is 1.50 bits per heavy atom. The Balaban J connectivity index is 2.62. The summed E-state index contributed by atoms with van der Waals surface area (Å²) in [5.74, 6) is 1.04. The third-order valence-electron chi connectivity index (χ3n) is 1.93. The average Bonchev–Trinajstić information content (AvgIpc) is 2.20. The minimum atomic E-state index is 0.221. The number of nitrogen functional groups attached to an aromatic ring is 1. The van der Waals surface area contributed by atoms with Crippen LogP contribution in [0.4, 0.5) is 11.6 Å². The van der Waals surface area contributed by atoms with E-state index in [1.807, 2.05) is 0 Å². The number of methoxy groups -OCH3 is 1. The first-order chi connectivity index (χ1) is 6.77. The summed E-state index contributed by atoms with van der Waals surface area (Å²) in [6.07, 6.45) is 4.12.